The normalized spacial score (nSPS) is 12.0. The maximum absolute atomic E-state index is 12.2. The number of hydrogen-bond acceptors (Lipinski definition) is 3. The first-order chi connectivity index (χ1) is 12.6. The van der Waals surface area contributed by atoms with E-state index in [2.05, 4.69) is 24.1 Å². The van der Waals surface area contributed by atoms with Gasteiger partial charge in [-0.2, -0.15) is 0 Å². The highest BCUT2D eigenvalue weighted by Crippen LogP contribution is 2.27. The Kier molecular flexibility index (Phi) is 8.23. The molecule has 1 amide bonds. The van der Waals surface area contributed by atoms with Crippen LogP contribution in [-0.4, -0.2) is 37.0 Å². The molecule has 0 aliphatic carbocycles. The highest BCUT2D eigenvalue weighted by molar-refractivity contribution is 6.32. The number of nitrogens with zero attached hydrogens (tertiary/aromatic N) is 1. The Hall–Kier alpha value is -1.75. The SMILES string of the molecule is CCN(CC)C(CNC(=O)COc1ccccc1Cl)c1ccccc1Cl. The van der Waals surface area contributed by atoms with Crippen LogP contribution < -0.4 is 10.1 Å². The standard InChI is InChI=1S/C20H24Cl2N2O2/c1-3-24(4-2)18(15-9-5-6-10-16(15)21)13-23-20(25)14-26-19-12-8-7-11-17(19)22/h5-12,18H,3-4,13-14H2,1-2H3,(H,23,25). The van der Waals surface area contributed by atoms with Gasteiger partial charge in [0, 0.05) is 11.6 Å². The third-order valence-electron chi connectivity index (χ3n) is 4.21. The summed E-state index contributed by atoms with van der Waals surface area (Å²) in [5.41, 5.74) is 1.00. The summed E-state index contributed by atoms with van der Waals surface area (Å²) in [5.74, 6) is 0.296. The first-order valence-corrected chi connectivity index (χ1v) is 9.44. The van der Waals surface area contributed by atoms with E-state index in [-0.39, 0.29) is 18.6 Å². The van der Waals surface area contributed by atoms with Gasteiger partial charge in [-0.25, -0.2) is 0 Å². The lowest BCUT2D eigenvalue weighted by Crippen LogP contribution is -2.39. The van der Waals surface area contributed by atoms with Crippen molar-refractivity contribution in [1.29, 1.82) is 0 Å². The smallest absolute Gasteiger partial charge is 0.258 e. The van der Waals surface area contributed by atoms with Crippen LogP contribution in [0.4, 0.5) is 0 Å². The number of benzene rings is 2. The van der Waals surface area contributed by atoms with Gasteiger partial charge < -0.3 is 10.1 Å². The predicted molar refractivity (Wildman–Crippen MR) is 107 cm³/mol. The van der Waals surface area contributed by atoms with Gasteiger partial charge in [-0.3, -0.25) is 9.69 Å². The molecule has 0 radical (unpaired) electrons. The monoisotopic (exact) mass is 394 g/mol. The lowest BCUT2D eigenvalue weighted by atomic mass is 10.0. The Morgan fingerprint density at radius 1 is 1.04 bits per heavy atom. The number of carbonyl (C=O) groups excluding carboxylic acids is 1. The fourth-order valence-corrected chi connectivity index (χ4v) is 3.26. The van der Waals surface area contributed by atoms with Crippen LogP contribution in [0.3, 0.4) is 0 Å². The third-order valence-corrected chi connectivity index (χ3v) is 4.86. The molecule has 0 aliphatic rings. The van der Waals surface area contributed by atoms with Crippen molar-refractivity contribution in [2.24, 2.45) is 0 Å². The van der Waals surface area contributed by atoms with Gasteiger partial charge >= 0.3 is 0 Å². The number of carbonyl (C=O) groups is 1. The van der Waals surface area contributed by atoms with E-state index >= 15 is 0 Å². The molecule has 140 valence electrons. The quantitative estimate of drug-likeness (QED) is 0.676. The molecule has 1 unspecified atom stereocenters. The van der Waals surface area contributed by atoms with Crippen molar-refractivity contribution < 1.29 is 9.53 Å². The Labute approximate surface area is 165 Å². The number of rotatable bonds is 9. The predicted octanol–water partition coefficient (Wildman–Crippen LogP) is 4.57. The molecule has 6 heteroatoms. The van der Waals surface area contributed by atoms with E-state index in [1.54, 1.807) is 12.1 Å². The van der Waals surface area contributed by atoms with Crippen molar-refractivity contribution in [3.63, 3.8) is 0 Å². The lowest BCUT2D eigenvalue weighted by molar-refractivity contribution is -0.123. The molecule has 2 aromatic rings. The van der Waals surface area contributed by atoms with Crippen LogP contribution in [-0.2, 0) is 4.79 Å². The second-order valence-electron chi connectivity index (χ2n) is 5.78. The molecule has 4 nitrogen and oxygen atoms in total. The molecule has 0 saturated carbocycles. The molecule has 0 saturated heterocycles. The summed E-state index contributed by atoms with van der Waals surface area (Å²) >= 11 is 12.4. The Morgan fingerprint density at radius 2 is 1.65 bits per heavy atom. The van der Waals surface area contributed by atoms with Gasteiger partial charge in [-0.1, -0.05) is 67.4 Å². The number of nitrogens with one attached hydrogen (secondary N) is 1. The van der Waals surface area contributed by atoms with E-state index in [1.807, 2.05) is 36.4 Å². The van der Waals surface area contributed by atoms with E-state index in [0.29, 0.717) is 22.3 Å². The topological polar surface area (TPSA) is 41.6 Å². The Balaban J connectivity index is 1.99. The molecule has 2 aromatic carbocycles. The fraction of sp³-hybridized carbons (Fsp3) is 0.350. The number of hydrogen-bond donors (Lipinski definition) is 1. The van der Waals surface area contributed by atoms with Gasteiger partial charge in [-0.05, 0) is 36.9 Å². The van der Waals surface area contributed by atoms with Crippen LogP contribution in [0.15, 0.2) is 48.5 Å². The molecule has 0 aromatic heterocycles. The number of likely N-dealkylation sites (N-methyl/N-ethyl adjacent to an activating group) is 1. The van der Waals surface area contributed by atoms with Crippen molar-refractivity contribution in [2.45, 2.75) is 19.9 Å². The summed E-state index contributed by atoms with van der Waals surface area (Å²) in [5, 5.41) is 4.12. The summed E-state index contributed by atoms with van der Waals surface area (Å²) in [4.78, 5) is 14.5. The second kappa shape index (κ2) is 10.4. The van der Waals surface area contributed by atoms with E-state index in [4.69, 9.17) is 27.9 Å². The van der Waals surface area contributed by atoms with Gasteiger partial charge in [0.25, 0.3) is 5.91 Å². The molecule has 0 heterocycles. The zero-order chi connectivity index (χ0) is 18.9. The number of para-hydroxylation sites is 1. The lowest BCUT2D eigenvalue weighted by Gasteiger charge is -2.30. The van der Waals surface area contributed by atoms with Gasteiger partial charge in [0.2, 0.25) is 0 Å². The molecule has 0 aliphatic heterocycles. The van der Waals surface area contributed by atoms with Gasteiger partial charge in [0.15, 0.2) is 6.61 Å². The Morgan fingerprint density at radius 3 is 2.27 bits per heavy atom. The largest absolute Gasteiger partial charge is 0.482 e. The molecule has 2 rings (SSSR count). The minimum Gasteiger partial charge on any atom is -0.482 e. The van der Waals surface area contributed by atoms with Gasteiger partial charge in [0.1, 0.15) is 5.75 Å². The van der Waals surface area contributed by atoms with Gasteiger partial charge in [0.05, 0.1) is 11.1 Å². The highest BCUT2D eigenvalue weighted by Gasteiger charge is 2.21. The first kappa shape index (κ1) is 20.6. The van der Waals surface area contributed by atoms with Crippen molar-refractivity contribution in [2.75, 3.05) is 26.2 Å². The molecule has 0 fully saturated rings. The fourth-order valence-electron chi connectivity index (χ4n) is 2.81. The number of halogens is 2. The second-order valence-corrected chi connectivity index (χ2v) is 6.60. The Bertz CT molecular complexity index is 720. The minimum atomic E-state index is -0.200. The van der Waals surface area contributed by atoms with Crippen LogP contribution >= 0.6 is 23.2 Å². The highest BCUT2D eigenvalue weighted by atomic mass is 35.5. The van der Waals surface area contributed by atoms with E-state index in [9.17, 15) is 4.79 Å². The van der Waals surface area contributed by atoms with Gasteiger partial charge in [-0.15, -0.1) is 0 Å². The average molecular weight is 395 g/mol. The van der Waals surface area contributed by atoms with Crippen molar-refractivity contribution in [3.8, 4) is 5.75 Å². The molecule has 1 atom stereocenters. The minimum absolute atomic E-state index is 0.00274. The first-order valence-electron chi connectivity index (χ1n) is 8.69. The van der Waals surface area contributed by atoms with E-state index in [0.717, 1.165) is 18.7 Å². The van der Waals surface area contributed by atoms with Crippen molar-refractivity contribution in [3.05, 3.63) is 64.1 Å². The van der Waals surface area contributed by atoms with E-state index in [1.165, 1.54) is 0 Å². The summed E-state index contributed by atoms with van der Waals surface area (Å²) < 4.78 is 5.49. The zero-order valence-corrected chi connectivity index (χ0v) is 16.6. The van der Waals surface area contributed by atoms with Crippen molar-refractivity contribution >= 4 is 29.1 Å². The maximum atomic E-state index is 12.2. The summed E-state index contributed by atoms with van der Waals surface area (Å²) in [6.45, 7) is 6.27. The molecule has 0 bridgehead atoms. The molecule has 0 spiro atoms. The molecular weight excluding hydrogens is 371 g/mol. The molecular formula is C20H24Cl2N2O2. The molecule has 26 heavy (non-hydrogen) atoms. The summed E-state index contributed by atoms with van der Waals surface area (Å²) in [7, 11) is 0. The summed E-state index contributed by atoms with van der Waals surface area (Å²) in [6.07, 6.45) is 0. The van der Waals surface area contributed by atoms with Crippen LogP contribution in [0.1, 0.15) is 25.5 Å². The number of ether oxygens (including phenoxy) is 1. The van der Waals surface area contributed by atoms with Crippen LogP contribution in [0, 0.1) is 0 Å². The van der Waals surface area contributed by atoms with Crippen LogP contribution in [0.2, 0.25) is 10.0 Å². The van der Waals surface area contributed by atoms with E-state index < -0.39 is 0 Å². The average Bonchev–Trinajstić information content (AvgIpc) is 2.65. The van der Waals surface area contributed by atoms with Crippen LogP contribution in [0.5, 0.6) is 5.75 Å². The summed E-state index contributed by atoms with van der Waals surface area (Å²) in [6, 6.07) is 14.8. The number of amides is 1. The zero-order valence-electron chi connectivity index (χ0n) is 15.0. The maximum Gasteiger partial charge on any atom is 0.258 e. The van der Waals surface area contributed by atoms with Crippen molar-refractivity contribution in [1.82, 2.24) is 10.2 Å². The molecule has 1 N–H and O–H groups in total. The third kappa shape index (κ3) is 5.63. The van der Waals surface area contributed by atoms with Crippen LogP contribution in [0.25, 0.3) is 0 Å².